The lowest BCUT2D eigenvalue weighted by Gasteiger charge is -2.22. The molecule has 0 heterocycles. The molecule has 0 aliphatic carbocycles. The number of hydrogen-bond acceptors (Lipinski definition) is 11. The summed E-state index contributed by atoms with van der Waals surface area (Å²) in [7, 11) is -4.14. The van der Waals surface area contributed by atoms with Gasteiger partial charge in [0.05, 0.1) is 38.9 Å². The van der Waals surface area contributed by atoms with Crippen LogP contribution < -0.4 is 5.90 Å². The van der Waals surface area contributed by atoms with E-state index in [1.54, 1.807) is 0 Å². The van der Waals surface area contributed by atoms with E-state index in [1.165, 1.54) is 122 Å². The molecule has 11 nitrogen and oxygen atoms in total. The SMILES string of the molecule is CCCCCCCCCCCCCCCC(=O)OC[C@H](COP(=O)(OCCC#N)OCCON)OC(=O)CCCCCCCCCCCCCCC. The van der Waals surface area contributed by atoms with Crippen molar-refractivity contribution in [2.24, 2.45) is 5.90 Å². The van der Waals surface area contributed by atoms with Gasteiger partial charge < -0.3 is 14.3 Å². The zero-order valence-electron chi connectivity index (χ0n) is 33.3. The largest absolute Gasteiger partial charge is 0.475 e. The van der Waals surface area contributed by atoms with Crippen LogP contribution in [0.5, 0.6) is 0 Å². The van der Waals surface area contributed by atoms with Crippen molar-refractivity contribution in [3.05, 3.63) is 0 Å². The van der Waals surface area contributed by atoms with Crippen LogP contribution in [0, 0.1) is 11.3 Å². The molecule has 1 unspecified atom stereocenters. The highest BCUT2D eigenvalue weighted by Gasteiger charge is 2.30. The zero-order chi connectivity index (χ0) is 38.2. The van der Waals surface area contributed by atoms with Gasteiger partial charge in [0, 0.05) is 12.8 Å². The van der Waals surface area contributed by atoms with Crippen molar-refractivity contribution in [1.29, 1.82) is 5.26 Å². The lowest BCUT2D eigenvalue weighted by atomic mass is 10.0. The van der Waals surface area contributed by atoms with Crippen LogP contribution in [0.15, 0.2) is 0 Å². The maximum Gasteiger partial charge on any atom is 0.475 e. The van der Waals surface area contributed by atoms with Crippen LogP contribution in [0.3, 0.4) is 0 Å². The monoisotopic (exact) mass is 761 g/mol. The van der Waals surface area contributed by atoms with E-state index in [1.807, 2.05) is 6.07 Å². The molecule has 2 atom stereocenters. The second kappa shape index (κ2) is 39.2. The standard InChI is InChI=1S/C40H77N2O9P/c1-3-5-7-9-11-13-15-17-19-21-23-25-27-30-39(43)46-36-38(37-50-52(45,48-33-29-32-41)49-35-34-47-42)51-40(44)31-28-26-24-22-20-18-16-14-12-10-8-6-4-2/h38H,3-31,33-37,42H2,1-2H3/t38-,52?/m1/s1. The number of nitrogens with zero attached hydrogens (tertiary/aromatic N) is 1. The van der Waals surface area contributed by atoms with E-state index in [9.17, 15) is 14.2 Å². The lowest BCUT2D eigenvalue weighted by molar-refractivity contribution is -0.161. The number of phosphoric ester groups is 1. The molecular weight excluding hydrogens is 683 g/mol. The van der Waals surface area contributed by atoms with Crippen LogP contribution in [-0.2, 0) is 42.0 Å². The summed E-state index contributed by atoms with van der Waals surface area (Å²) < 4.78 is 40.1. The van der Waals surface area contributed by atoms with E-state index in [0.29, 0.717) is 6.42 Å². The highest BCUT2D eigenvalue weighted by molar-refractivity contribution is 7.48. The maximum absolute atomic E-state index is 13.1. The number of phosphoric acid groups is 1. The number of esters is 2. The Balaban J connectivity index is 4.57. The van der Waals surface area contributed by atoms with Gasteiger partial charge >= 0.3 is 19.8 Å². The maximum atomic E-state index is 13.1. The molecule has 0 rings (SSSR count). The van der Waals surface area contributed by atoms with Gasteiger partial charge in [-0.2, -0.15) is 5.26 Å². The zero-order valence-corrected chi connectivity index (χ0v) is 34.2. The van der Waals surface area contributed by atoms with Crippen LogP contribution in [0.1, 0.15) is 200 Å². The van der Waals surface area contributed by atoms with E-state index < -0.39 is 19.9 Å². The van der Waals surface area contributed by atoms with Crippen molar-refractivity contribution in [2.45, 2.75) is 206 Å². The van der Waals surface area contributed by atoms with Crippen molar-refractivity contribution in [3.8, 4) is 6.07 Å². The van der Waals surface area contributed by atoms with E-state index >= 15 is 0 Å². The summed E-state index contributed by atoms with van der Waals surface area (Å²) in [6.07, 6.45) is 30.9. The second-order valence-electron chi connectivity index (χ2n) is 14.0. The van der Waals surface area contributed by atoms with E-state index in [-0.39, 0.29) is 58.3 Å². The number of nitriles is 1. The minimum Gasteiger partial charge on any atom is -0.462 e. The van der Waals surface area contributed by atoms with Gasteiger partial charge in [-0.15, -0.1) is 0 Å². The van der Waals surface area contributed by atoms with Gasteiger partial charge in [0.2, 0.25) is 0 Å². The minimum atomic E-state index is -4.14. The minimum absolute atomic E-state index is 0.0293. The van der Waals surface area contributed by atoms with Gasteiger partial charge in [-0.3, -0.25) is 23.2 Å². The fraction of sp³-hybridized carbons (Fsp3) is 0.925. The Morgan fingerprint density at radius 1 is 0.558 bits per heavy atom. The molecule has 0 aliphatic rings. The van der Waals surface area contributed by atoms with Crippen molar-refractivity contribution in [2.75, 3.05) is 33.0 Å². The number of hydrogen-bond donors (Lipinski definition) is 1. The summed E-state index contributed by atoms with van der Waals surface area (Å²) in [6.45, 7) is 3.43. The smallest absolute Gasteiger partial charge is 0.462 e. The molecule has 2 N–H and O–H groups in total. The summed E-state index contributed by atoms with van der Waals surface area (Å²) in [5.41, 5.74) is 0. The number of carbonyl (C=O) groups excluding carboxylic acids is 2. The molecule has 12 heteroatoms. The molecule has 0 aromatic carbocycles. The average Bonchev–Trinajstić information content (AvgIpc) is 3.13. The Morgan fingerprint density at radius 2 is 0.962 bits per heavy atom. The summed E-state index contributed by atoms with van der Waals surface area (Å²) in [5, 5.41) is 8.84. The number of nitrogens with two attached hydrogens (primary N) is 1. The summed E-state index contributed by atoms with van der Waals surface area (Å²) in [6, 6.07) is 1.90. The number of unbranched alkanes of at least 4 members (excludes halogenated alkanes) is 24. The van der Waals surface area contributed by atoms with Gasteiger partial charge in [-0.1, -0.05) is 168 Å². The van der Waals surface area contributed by atoms with Crippen molar-refractivity contribution in [3.63, 3.8) is 0 Å². The molecule has 0 saturated heterocycles. The molecule has 52 heavy (non-hydrogen) atoms. The first-order chi connectivity index (χ1) is 25.4. The summed E-state index contributed by atoms with van der Waals surface area (Å²) in [5.74, 6) is 4.20. The Labute approximate surface area is 317 Å². The van der Waals surface area contributed by atoms with Crippen LogP contribution in [0.4, 0.5) is 0 Å². The Bertz CT molecular complexity index is 903. The Hall–Kier alpha value is -1.54. The molecule has 0 saturated carbocycles. The molecule has 0 amide bonds. The third kappa shape index (κ3) is 35.5. The number of carbonyl (C=O) groups is 2. The summed E-state index contributed by atoms with van der Waals surface area (Å²) in [4.78, 5) is 29.7. The normalized spacial score (nSPS) is 13.0. The second-order valence-corrected chi connectivity index (χ2v) is 15.6. The Morgan fingerprint density at radius 3 is 1.38 bits per heavy atom. The molecule has 0 fully saturated rings. The molecular formula is C40H77N2O9P. The Kier molecular flexibility index (Phi) is 38.0. The van der Waals surface area contributed by atoms with Gasteiger partial charge in [0.15, 0.2) is 6.10 Å². The predicted molar refractivity (Wildman–Crippen MR) is 207 cm³/mol. The molecule has 0 spiro atoms. The van der Waals surface area contributed by atoms with Crippen LogP contribution >= 0.6 is 7.82 Å². The predicted octanol–water partition coefficient (Wildman–Crippen LogP) is 11.4. The van der Waals surface area contributed by atoms with Gasteiger partial charge in [0.25, 0.3) is 0 Å². The molecule has 0 bridgehead atoms. The van der Waals surface area contributed by atoms with Gasteiger partial charge in [-0.25, -0.2) is 10.5 Å². The number of rotatable bonds is 41. The molecule has 306 valence electrons. The van der Waals surface area contributed by atoms with Crippen molar-refractivity contribution >= 4 is 19.8 Å². The molecule has 0 aromatic rings. The quantitative estimate of drug-likeness (QED) is 0.0274. The summed E-state index contributed by atoms with van der Waals surface area (Å²) >= 11 is 0. The van der Waals surface area contributed by atoms with Gasteiger partial charge in [0.1, 0.15) is 6.61 Å². The topological polar surface area (TPSA) is 156 Å². The van der Waals surface area contributed by atoms with E-state index in [2.05, 4.69) is 18.7 Å². The first-order valence-corrected chi connectivity index (χ1v) is 22.4. The molecule has 0 radical (unpaired) electrons. The van der Waals surface area contributed by atoms with Crippen LogP contribution in [0.25, 0.3) is 0 Å². The first-order valence-electron chi connectivity index (χ1n) is 21.0. The van der Waals surface area contributed by atoms with E-state index in [4.69, 9.17) is 34.2 Å². The molecule has 0 aromatic heterocycles. The highest BCUT2D eigenvalue weighted by atomic mass is 31.2. The van der Waals surface area contributed by atoms with Crippen LogP contribution in [-0.4, -0.2) is 51.1 Å². The van der Waals surface area contributed by atoms with Crippen molar-refractivity contribution < 1.29 is 42.0 Å². The highest BCUT2D eigenvalue weighted by Crippen LogP contribution is 2.49. The first kappa shape index (κ1) is 50.5. The van der Waals surface area contributed by atoms with E-state index in [0.717, 1.165) is 38.5 Å². The fourth-order valence-electron chi connectivity index (χ4n) is 5.88. The average molecular weight is 761 g/mol. The van der Waals surface area contributed by atoms with Crippen molar-refractivity contribution in [1.82, 2.24) is 0 Å². The third-order valence-corrected chi connectivity index (χ3v) is 10.5. The lowest BCUT2D eigenvalue weighted by Crippen LogP contribution is -2.29. The van der Waals surface area contributed by atoms with Gasteiger partial charge in [-0.05, 0) is 12.8 Å². The number of ether oxygens (including phenoxy) is 2. The molecule has 0 aliphatic heterocycles. The van der Waals surface area contributed by atoms with Crippen LogP contribution in [0.2, 0.25) is 0 Å². The third-order valence-electron chi connectivity index (χ3n) is 9.03. The fourth-order valence-corrected chi connectivity index (χ4v) is 7.07.